The van der Waals surface area contributed by atoms with E-state index in [2.05, 4.69) is 46.9 Å². The fourth-order valence-corrected chi connectivity index (χ4v) is 5.82. The number of anilines is 2. The molecule has 1 aromatic carbocycles. The zero-order chi connectivity index (χ0) is 31.0. The summed E-state index contributed by atoms with van der Waals surface area (Å²) in [7, 11) is 0. The van der Waals surface area contributed by atoms with Crippen LogP contribution in [-0.2, 0) is 11.3 Å². The van der Waals surface area contributed by atoms with E-state index in [0.29, 0.717) is 41.4 Å². The van der Waals surface area contributed by atoms with Gasteiger partial charge in [-0.1, -0.05) is 6.07 Å². The molecule has 0 amide bonds. The molecule has 3 aromatic heterocycles. The highest BCUT2D eigenvalue weighted by Crippen LogP contribution is 2.35. The number of rotatable bonds is 11. The van der Waals surface area contributed by atoms with Gasteiger partial charge >= 0.3 is 0 Å². The van der Waals surface area contributed by atoms with Crippen LogP contribution >= 0.6 is 0 Å². The molecule has 0 spiro atoms. The molecule has 0 unspecified atom stereocenters. The maximum Gasteiger partial charge on any atom is 0.257 e. The van der Waals surface area contributed by atoms with E-state index in [0.717, 1.165) is 63.1 Å². The third kappa shape index (κ3) is 7.34. The number of morpholine rings is 1. The number of aromatic nitrogens is 8. The van der Waals surface area contributed by atoms with Gasteiger partial charge in [0.15, 0.2) is 6.61 Å². The minimum Gasteiger partial charge on any atom is -0.487 e. The Kier molecular flexibility index (Phi) is 9.38. The van der Waals surface area contributed by atoms with E-state index in [-0.39, 0.29) is 18.8 Å². The van der Waals surface area contributed by atoms with Crippen molar-refractivity contribution in [3.05, 3.63) is 48.7 Å². The van der Waals surface area contributed by atoms with Crippen molar-refractivity contribution >= 4 is 11.6 Å². The molecule has 0 bridgehead atoms. The van der Waals surface area contributed by atoms with Crippen LogP contribution in [0.5, 0.6) is 11.6 Å². The van der Waals surface area contributed by atoms with E-state index in [4.69, 9.17) is 19.5 Å². The third-order valence-electron chi connectivity index (χ3n) is 8.07. The smallest absolute Gasteiger partial charge is 0.257 e. The molecular weight excluding hydrogens is 576 g/mol. The van der Waals surface area contributed by atoms with Gasteiger partial charge in [-0.25, -0.2) is 14.6 Å². The largest absolute Gasteiger partial charge is 0.487 e. The van der Waals surface area contributed by atoms with Gasteiger partial charge in [-0.15, -0.1) is 10.2 Å². The first-order valence-corrected chi connectivity index (χ1v) is 15.0. The molecule has 1 aliphatic carbocycles. The monoisotopic (exact) mass is 610 g/mol. The van der Waals surface area contributed by atoms with Gasteiger partial charge in [-0.3, -0.25) is 9.58 Å². The predicted octanol–water partition coefficient (Wildman–Crippen LogP) is 3.13. The number of benzene rings is 1. The summed E-state index contributed by atoms with van der Waals surface area (Å²) in [5.41, 5.74) is 2.55. The lowest BCUT2D eigenvalue weighted by Crippen LogP contribution is -2.45. The first-order valence-electron chi connectivity index (χ1n) is 15.0. The normalized spacial score (nSPS) is 19.3. The Bertz CT molecular complexity index is 1630. The second kappa shape index (κ2) is 14.1. The Balaban J connectivity index is 1.13. The van der Waals surface area contributed by atoms with Crippen molar-refractivity contribution < 1.29 is 14.2 Å². The molecule has 45 heavy (non-hydrogen) atoms. The Hall–Kier alpha value is -5.12. The predicted molar refractivity (Wildman–Crippen MR) is 160 cm³/mol. The average Bonchev–Trinajstić information content (AvgIpc) is 3.74. The van der Waals surface area contributed by atoms with E-state index in [9.17, 15) is 5.26 Å². The first kappa shape index (κ1) is 29.9. The summed E-state index contributed by atoms with van der Waals surface area (Å²) in [5, 5.41) is 37.7. The van der Waals surface area contributed by atoms with Crippen molar-refractivity contribution in [1.82, 2.24) is 44.9 Å². The molecule has 1 atom stereocenters. The second-order valence-corrected chi connectivity index (χ2v) is 11.1. The Morgan fingerprint density at radius 3 is 2.56 bits per heavy atom. The van der Waals surface area contributed by atoms with Gasteiger partial charge in [0.1, 0.15) is 36.0 Å². The minimum atomic E-state index is -0.281. The maximum atomic E-state index is 9.61. The van der Waals surface area contributed by atoms with Crippen LogP contribution in [0.1, 0.15) is 44.2 Å². The van der Waals surface area contributed by atoms with Crippen molar-refractivity contribution in [2.45, 2.75) is 57.3 Å². The van der Waals surface area contributed by atoms with Gasteiger partial charge in [-0.2, -0.15) is 10.5 Å². The molecule has 1 saturated carbocycles. The first-order chi connectivity index (χ1) is 22.1. The van der Waals surface area contributed by atoms with Crippen LogP contribution in [0, 0.1) is 22.7 Å². The Labute approximate surface area is 260 Å². The number of ether oxygens (including phenoxy) is 3. The molecule has 2 fully saturated rings. The maximum absolute atomic E-state index is 9.61. The zero-order valence-electron chi connectivity index (χ0n) is 25.0. The van der Waals surface area contributed by atoms with Crippen LogP contribution in [0.25, 0.3) is 11.1 Å². The fourth-order valence-electron chi connectivity index (χ4n) is 5.82. The van der Waals surface area contributed by atoms with Crippen molar-refractivity contribution in [1.29, 1.82) is 10.5 Å². The summed E-state index contributed by atoms with van der Waals surface area (Å²) in [4.78, 5) is 11.6. The van der Waals surface area contributed by atoms with E-state index in [1.165, 1.54) is 6.33 Å². The summed E-state index contributed by atoms with van der Waals surface area (Å²) < 4.78 is 20.7. The molecular formula is C30H34N12O3. The lowest BCUT2D eigenvalue weighted by molar-refractivity contribution is 0.00503. The van der Waals surface area contributed by atoms with Gasteiger partial charge in [0.05, 0.1) is 37.6 Å². The highest BCUT2D eigenvalue weighted by atomic mass is 16.5. The van der Waals surface area contributed by atoms with Crippen LogP contribution in [0.2, 0.25) is 0 Å². The lowest BCUT2D eigenvalue weighted by atomic mass is 9.90. The molecule has 232 valence electrons. The average molecular weight is 611 g/mol. The van der Waals surface area contributed by atoms with E-state index >= 15 is 0 Å². The molecule has 1 aliphatic heterocycles. The molecule has 4 heterocycles. The number of nitriles is 2. The van der Waals surface area contributed by atoms with Crippen molar-refractivity contribution in [2.75, 3.05) is 38.2 Å². The molecule has 6 rings (SSSR count). The lowest BCUT2D eigenvalue weighted by Gasteiger charge is -2.38. The van der Waals surface area contributed by atoms with Crippen LogP contribution < -0.4 is 14.8 Å². The quantitative estimate of drug-likeness (QED) is 0.262. The number of nitrogens with one attached hydrogen (secondary N) is 1. The summed E-state index contributed by atoms with van der Waals surface area (Å²) in [5.74, 6) is 1.14. The van der Waals surface area contributed by atoms with Gasteiger partial charge < -0.3 is 19.5 Å². The van der Waals surface area contributed by atoms with Crippen LogP contribution in [0.3, 0.4) is 0 Å². The van der Waals surface area contributed by atoms with E-state index < -0.39 is 0 Å². The Morgan fingerprint density at radius 1 is 1.07 bits per heavy atom. The molecule has 1 N–H and O–H groups in total. The number of hydrogen-bond acceptors (Lipinski definition) is 13. The number of hydrogen-bond donors (Lipinski definition) is 1. The summed E-state index contributed by atoms with van der Waals surface area (Å²) in [6, 6.07) is 10.4. The number of tetrazole rings is 1. The Morgan fingerprint density at radius 2 is 1.84 bits per heavy atom. The van der Waals surface area contributed by atoms with Gasteiger partial charge in [0.2, 0.25) is 5.95 Å². The summed E-state index contributed by atoms with van der Waals surface area (Å²) in [6.07, 6.45) is 10.8. The standard InChI is InChI=1S/C30H34N12O3/c1-21(18-41-20-35-38-39-41)45-28-14-22(2-3-23(28)15-32)24-16-33-30(34-17-24)36-27-19-42(37-29(27)44-11-8-31)26-6-4-25(5-7-26)40-9-12-43-13-10-40/h2-3,14,16-17,19-21,25-26H,4-7,9-13,18H2,1H3,(H,33,34,36)/t21-,25-,26-/m0/s1. The highest BCUT2D eigenvalue weighted by Gasteiger charge is 2.29. The van der Waals surface area contributed by atoms with Crippen molar-refractivity contribution in [3.63, 3.8) is 0 Å². The third-order valence-corrected chi connectivity index (χ3v) is 8.07. The van der Waals surface area contributed by atoms with Crippen LogP contribution in [0.15, 0.2) is 43.1 Å². The van der Waals surface area contributed by atoms with E-state index in [1.807, 2.05) is 29.9 Å². The molecule has 1 saturated heterocycles. The van der Waals surface area contributed by atoms with Crippen molar-refractivity contribution in [2.24, 2.45) is 0 Å². The van der Waals surface area contributed by atoms with Crippen LogP contribution in [0.4, 0.5) is 11.6 Å². The highest BCUT2D eigenvalue weighted by molar-refractivity contribution is 5.67. The second-order valence-electron chi connectivity index (χ2n) is 11.1. The molecule has 15 heteroatoms. The van der Waals surface area contributed by atoms with Crippen LogP contribution in [-0.4, -0.2) is 89.9 Å². The molecule has 2 aliphatic rings. The molecule has 0 radical (unpaired) electrons. The minimum absolute atomic E-state index is 0.118. The topological polar surface area (TPSA) is 178 Å². The summed E-state index contributed by atoms with van der Waals surface area (Å²) >= 11 is 0. The fraction of sp³-hybridized carbons (Fsp3) is 0.467. The molecule has 4 aromatic rings. The van der Waals surface area contributed by atoms with Crippen molar-refractivity contribution in [3.8, 4) is 34.9 Å². The van der Waals surface area contributed by atoms with Gasteiger partial charge in [0, 0.05) is 37.1 Å². The summed E-state index contributed by atoms with van der Waals surface area (Å²) in [6.45, 7) is 5.80. The van der Waals surface area contributed by atoms with Gasteiger partial charge in [0.25, 0.3) is 5.88 Å². The van der Waals surface area contributed by atoms with E-state index in [1.54, 1.807) is 29.2 Å². The molecule has 15 nitrogen and oxygen atoms in total. The van der Waals surface area contributed by atoms with Gasteiger partial charge in [-0.05, 0) is 60.7 Å². The SMILES string of the molecule is C[C@@H](Cn1cnnn1)Oc1cc(-c2cnc(Nc3cn([C@H]4CC[C@H](N5CCOCC5)CC4)nc3OCC#N)nc2)ccc1C#N. The number of nitrogens with zero attached hydrogens (tertiary/aromatic N) is 11. The zero-order valence-corrected chi connectivity index (χ0v) is 25.0.